The van der Waals surface area contributed by atoms with E-state index in [9.17, 15) is 27.6 Å². The van der Waals surface area contributed by atoms with Gasteiger partial charge in [-0.25, -0.2) is 18.2 Å². The van der Waals surface area contributed by atoms with Gasteiger partial charge in [-0.1, -0.05) is 52.7 Å². The highest BCUT2D eigenvalue weighted by molar-refractivity contribution is 7.91. The number of nitrogens with zero attached hydrogens (tertiary/aromatic N) is 3. The van der Waals surface area contributed by atoms with Crippen LogP contribution in [0.1, 0.15) is 104 Å². The Bertz CT molecular complexity index is 2200. The van der Waals surface area contributed by atoms with E-state index in [1.807, 2.05) is 58.0 Å². The molecular formula is C46H66N6O10S. The number of alkyl carbamates (subject to hydrolysis) is 1. The SMILES string of the molecule is CCCCCC=CC1CC1(NC(=O)C1CC2(CCc3c(c(C)nc4ccc(OCCN5CCOCC5)cc34)O2)CN1C(=O)CNC(=O)OCC(C)(C)C)C(=O)NS(=O)(=O)C1(C)CC1. The second-order valence-electron chi connectivity index (χ2n) is 19.6. The largest absolute Gasteiger partial charge is 0.492 e. The number of carbonyl (C=O) groups excluding carboxylic acids is 4. The number of unbranched alkanes of at least 4 members (excludes halogenated alkanes) is 3. The third-order valence-corrected chi connectivity index (χ3v) is 15.3. The van der Waals surface area contributed by atoms with Crippen molar-refractivity contribution in [3.8, 4) is 11.5 Å². The number of benzene rings is 1. The van der Waals surface area contributed by atoms with Crippen molar-refractivity contribution in [3.63, 3.8) is 0 Å². The van der Waals surface area contributed by atoms with Crippen LogP contribution in [0.15, 0.2) is 30.4 Å². The fourth-order valence-corrected chi connectivity index (χ4v) is 10.1. The average Bonchev–Trinajstić information content (AvgIpc) is 4.14. The topological polar surface area (TPSA) is 195 Å². The summed E-state index contributed by atoms with van der Waals surface area (Å²) in [6.07, 6.45) is 9.15. The molecule has 16 nitrogen and oxygen atoms in total. The van der Waals surface area contributed by atoms with Gasteiger partial charge in [-0.05, 0) is 82.4 Å². The first-order chi connectivity index (χ1) is 29.9. The fraction of sp³-hybridized carbons (Fsp3) is 0.674. The van der Waals surface area contributed by atoms with E-state index in [0.717, 1.165) is 80.7 Å². The highest BCUT2D eigenvalue weighted by Gasteiger charge is 2.63. The number of ether oxygens (including phenoxy) is 4. The number of allylic oxidation sites excluding steroid dienone is 1. The first-order valence-electron chi connectivity index (χ1n) is 22.7. The third kappa shape index (κ3) is 10.7. The summed E-state index contributed by atoms with van der Waals surface area (Å²) in [7, 11) is -4.01. The number of hydrogen-bond acceptors (Lipinski definition) is 12. The smallest absolute Gasteiger partial charge is 0.407 e. The maximum atomic E-state index is 14.7. The molecule has 3 N–H and O–H groups in total. The highest BCUT2D eigenvalue weighted by atomic mass is 32.2. The quantitative estimate of drug-likeness (QED) is 0.147. The molecule has 1 aromatic heterocycles. The normalized spacial score (nSPS) is 25.3. The van der Waals surface area contributed by atoms with Gasteiger partial charge in [0.25, 0.3) is 5.91 Å². The molecule has 5 aliphatic rings. The number of hydrogen-bond donors (Lipinski definition) is 3. The minimum Gasteiger partial charge on any atom is -0.492 e. The minimum atomic E-state index is -4.01. The van der Waals surface area contributed by atoms with Crippen molar-refractivity contribution in [2.75, 3.05) is 59.2 Å². The molecule has 2 aliphatic carbocycles. The molecule has 4 fully saturated rings. The number of morpholine rings is 1. The number of sulfonamides is 1. The Kier molecular flexibility index (Phi) is 13.7. The van der Waals surface area contributed by atoms with Crippen LogP contribution in [0.2, 0.25) is 0 Å². The number of fused-ring (bicyclic) bond motifs is 3. The summed E-state index contributed by atoms with van der Waals surface area (Å²) in [6.45, 7) is 15.6. The van der Waals surface area contributed by atoms with Crippen LogP contribution in [0, 0.1) is 18.3 Å². The zero-order valence-corrected chi connectivity index (χ0v) is 38.6. The lowest BCUT2D eigenvalue weighted by Gasteiger charge is -2.36. The predicted molar refractivity (Wildman–Crippen MR) is 237 cm³/mol. The van der Waals surface area contributed by atoms with Crippen LogP contribution in [0.3, 0.4) is 0 Å². The first-order valence-corrected chi connectivity index (χ1v) is 24.2. The summed E-state index contributed by atoms with van der Waals surface area (Å²) < 4.78 is 51.8. The van der Waals surface area contributed by atoms with Crippen LogP contribution >= 0.6 is 0 Å². The standard InChI is InChI=1S/C46H66N6O10S/c1-7-8-9-10-11-12-32-26-46(32,41(55)50-63(57,58)44(6)17-18-44)49-40(54)37-27-45(29-52(37)38(53)28-47-42(56)61-30-43(3,4)5)16-15-34-35-25-33(60-24-21-51-19-22-59-23-20-51)13-14-36(35)48-31(2)39(34)62-45/h11-14,25,32,37H,7-10,15-24,26-30H2,1-6H3,(H,47,56)(H,49,54)(H,50,55). The second kappa shape index (κ2) is 18.6. The van der Waals surface area contributed by atoms with Crippen molar-refractivity contribution in [2.45, 2.75) is 128 Å². The summed E-state index contributed by atoms with van der Waals surface area (Å²) in [4.78, 5) is 64.1. The summed E-state index contributed by atoms with van der Waals surface area (Å²) in [6, 6.07) is 4.75. The van der Waals surface area contributed by atoms with E-state index < -0.39 is 68.2 Å². The van der Waals surface area contributed by atoms with Gasteiger partial charge in [-0.15, -0.1) is 0 Å². The Morgan fingerprint density at radius 1 is 1.06 bits per heavy atom. The predicted octanol–water partition coefficient (Wildman–Crippen LogP) is 4.70. The van der Waals surface area contributed by atoms with Crippen LogP contribution in [0.25, 0.3) is 10.9 Å². The lowest BCUT2D eigenvalue weighted by Crippen LogP contribution is -2.57. The number of aromatic nitrogens is 1. The summed E-state index contributed by atoms with van der Waals surface area (Å²) in [5, 5.41) is 6.39. The van der Waals surface area contributed by atoms with Crippen molar-refractivity contribution in [2.24, 2.45) is 11.3 Å². The Morgan fingerprint density at radius 3 is 2.54 bits per heavy atom. The van der Waals surface area contributed by atoms with E-state index in [1.54, 1.807) is 6.92 Å². The van der Waals surface area contributed by atoms with Crippen molar-refractivity contribution in [1.29, 1.82) is 0 Å². The Labute approximate surface area is 371 Å². The van der Waals surface area contributed by atoms with E-state index in [-0.39, 0.29) is 31.4 Å². The van der Waals surface area contributed by atoms with Crippen LogP contribution in [-0.2, 0) is 40.3 Å². The molecule has 4 amide bonds. The lowest BCUT2D eigenvalue weighted by molar-refractivity contribution is -0.139. The zero-order valence-electron chi connectivity index (χ0n) is 37.8. The monoisotopic (exact) mass is 894 g/mol. The van der Waals surface area contributed by atoms with Crippen LogP contribution in [0.5, 0.6) is 11.5 Å². The number of amides is 4. The molecule has 346 valence electrons. The lowest BCUT2D eigenvalue weighted by atomic mass is 9.87. The van der Waals surface area contributed by atoms with E-state index in [1.165, 1.54) is 4.90 Å². The molecule has 7 rings (SSSR count). The summed E-state index contributed by atoms with van der Waals surface area (Å²) >= 11 is 0. The zero-order chi connectivity index (χ0) is 45.2. The van der Waals surface area contributed by atoms with E-state index in [2.05, 4.69) is 27.2 Å². The Morgan fingerprint density at radius 2 is 1.83 bits per heavy atom. The van der Waals surface area contributed by atoms with Crippen molar-refractivity contribution in [3.05, 3.63) is 41.6 Å². The molecule has 17 heteroatoms. The van der Waals surface area contributed by atoms with Gasteiger partial charge in [0.2, 0.25) is 21.8 Å². The van der Waals surface area contributed by atoms with Gasteiger partial charge in [-0.3, -0.25) is 24.0 Å². The second-order valence-corrected chi connectivity index (χ2v) is 21.8. The molecule has 2 saturated carbocycles. The molecule has 1 aromatic carbocycles. The molecule has 2 saturated heterocycles. The van der Waals surface area contributed by atoms with Gasteiger partial charge in [-0.2, -0.15) is 0 Å². The molecule has 0 bridgehead atoms. The number of nitrogens with one attached hydrogen (secondary N) is 3. The average molecular weight is 895 g/mol. The van der Waals surface area contributed by atoms with E-state index in [4.69, 9.17) is 23.9 Å². The van der Waals surface area contributed by atoms with E-state index >= 15 is 0 Å². The van der Waals surface area contributed by atoms with Crippen molar-refractivity contribution >= 4 is 44.7 Å². The Hall–Kier alpha value is -4.48. The number of pyridine rings is 1. The third-order valence-electron chi connectivity index (χ3n) is 13.1. The maximum Gasteiger partial charge on any atom is 0.407 e. The highest BCUT2D eigenvalue weighted by Crippen LogP contribution is 2.49. The number of aryl methyl sites for hydroxylation is 2. The van der Waals surface area contributed by atoms with Crippen LogP contribution < -0.4 is 24.8 Å². The molecule has 4 heterocycles. The number of likely N-dealkylation sites (tertiary alicyclic amines) is 1. The van der Waals surface area contributed by atoms with Crippen molar-refractivity contribution < 1.29 is 46.5 Å². The number of rotatable bonds is 17. The Balaban J connectivity index is 1.13. The number of carbonyl (C=O) groups is 4. The van der Waals surface area contributed by atoms with E-state index in [0.29, 0.717) is 43.7 Å². The first kappa shape index (κ1) is 46.5. The van der Waals surface area contributed by atoms with Gasteiger partial charge in [0.15, 0.2) is 0 Å². The van der Waals surface area contributed by atoms with Gasteiger partial charge < -0.3 is 34.5 Å². The minimum absolute atomic E-state index is 0.0247. The van der Waals surface area contributed by atoms with Crippen molar-refractivity contribution in [1.82, 2.24) is 30.1 Å². The van der Waals surface area contributed by atoms with Gasteiger partial charge in [0.1, 0.15) is 41.8 Å². The molecule has 1 spiro atoms. The van der Waals surface area contributed by atoms with Crippen LogP contribution in [-0.4, -0.2) is 128 Å². The molecule has 4 unspecified atom stereocenters. The molecule has 4 atom stereocenters. The summed E-state index contributed by atoms with van der Waals surface area (Å²) in [5.41, 5.74) is -0.401. The molecular weight excluding hydrogens is 829 g/mol. The summed E-state index contributed by atoms with van der Waals surface area (Å²) in [5.74, 6) is -1.07. The fourth-order valence-electron chi connectivity index (χ4n) is 8.76. The molecule has 3 aliphatic heterocycles. The van der Waals surface area contributed by atoms with Crippen LogP contribution in [0.4, 0.5) is 4.79 Å². The molecule has 63 heavy (non-hydrogen) atoms. The van der Waals surface area contributed by atoms with Gasteiger partial charge in [0.05, 0.1) is 42.3 Å². The maximum absolute atomic E-state index is 14.7. The molecule has 2 aromatic rings. The molecule has 0 radical (unpaired) electrons. The van der Waals surface area contributed by atoms with Gasteiger partial charge >= 0.3 is 6.09 Å². The van der Waals surface area contributed by atoms with Gasteiger partial charge in [0, 0.05) is 42.9 Å².